The molecule has 2 rings (SSSR count). The fourth-order valence-corrected chi connectivity index (χ4v) is 1.97. The third-order valence-corrected chi connectivity index (χ3v) is 3.44. The number of carbonyl (C=O) groups excluding carboxylic acids is 2. The molecule has 0 aliphatic heterocycles. The molecule has 0 radical (unpaired) electrons. The van der Waals surface area contributed by atoms with Gasteiger partial charge in [0.05, 0.1) is 6.26 Å². The summed E-state index contributed by atoms with van der Waals surface area (Å²) in [7, 11) is 0. The van der Waals surface area contributed by atoms with Crippen LogP contribution >= 0.6 is 0 Å². The van der Waals surface area contributed by atoms with E-state index in [1.165, 1.54) is 6.26 Å². The van der Waals surface area contributed by atoms with Crippen molar-refractivity contribution < 1.29 is 19.1 Å². The molecule has 0 aliphatic rings. The van der Waals surface area contributed by atoms with Gasteiger partial charge in [0.1, 0.15) is 5.75 Å². The zero-order valence-electron chi connectivity index (χ0n) is 14.8. The molecule has 2 aromatic carbocycles. The first-order valence-electron chi connectivity index (χ1n) is 7.98. The third kappa shape index (κ3) is 5.31. The van der Waals surface area contributed by atoms with Crippen molar-refractivity contribution in [3.63, 3.8) is 0 Å². The van der Waals surface area contributed by atoms with E-state index in [-0.39, 0.29) is 0 Å². The normalized spacial score (nSPS) is 10.4. The summed E-state index contributed by atoms with van der Waals surface area (Å²) in [6.45, 7) is 10.3. The van der Waals surface area contributed by atoms with Crippen LogP contribution in [0.5, 0.6) is 5.75 Å². The monoisotopic (exact) mass is 348 g/mol. The summed E-state index contributed by atoms with van der Waals surface area (Å²) in [5.74, 6) is -0.424. The highest BCUT2D eigenvalue weighted by Crippen LogP contribution is 2.23. The van der Waals surface area contributed by atoms with Gasteiger partial charge in [-0.1, -0.05) is 49.6 Å². The highest BCUT2D eigenvalue weighted by atomic mass is 16.5. The predicted octanol–water partition coefficient (Wildman–Crippen LogP) is 4.93. The number of ether oxygens (including phenoxy) is 2. The van der Waals surface area contributed by atoms with Crippen molar-refractivity contribution in [3.8, 4) is 16.9 Å². The van der Waals surface area contributed by atoms with Gasteiger partial charge >= 0.3 is 11.9 Å². The summed E-state index contributed by atoms with van der Waals surface area (Å²) < 4.78 is 10.1. The molecule has 0 amide bonds. The molecule has 4 heteroatoms. The number of carbonyl (C=O) groups is 2. The van der Waals surface area contributed by atoms with Gasteiger partial charge in [0.25, 0.3) is 0 Å². The SMILES string of the molecule is C=C(C)C(=O)O/C=C/c1ccc(-c2ccc(OC(=O)C(=C)C)cc2)cc1. The maximum absolute atomic E-state index is 11.5. The van der Waals surface area contributed by atoms with Crippen LogP contribution in [-0.4, -0.2) is 11.9 Å². The van der Waals surface area contributed by atoms with Crippen LogP contribution in [0, 0.1) is 0 Å². The predicted molar refractivity (Wildman–Crippen MR) is 102 cm³/mol. The van der Waals surface area contributed by atoms with Crippen LogP contribution in [0.25, 0.3) is 17.2 Å². The van der Waals surface area contributed by atoms with E-state index in [4.69, 9.17) is 9.47 Å². The summed E-state index contributed by atoms with van der Waals surface area (Å²) in [5.41, 5.74) is 3.60. The molecule has 0 unspecified atom stereocenters. The van der Waals surface area contributed by atoms with Crippen LogP contribution in [-0.2, 0) is 14.3 Å². The minimum absolute atomic E-state index is 0.349. The van der Waals surface area contributed by atoms with Crippen molar-refractivity contribution >= 4 is 18.0 Å². The Hall–Kier alpha value is -3.40. The summed E-state index contributed by atoms with van der Waals surface area (Å²) in [5, 5.41) is 0. The average molecular weight is 348 g/mol. The standard InChI is InChI=1S/C22H20O4/c1-15(2)21(23)25-14-13-17-5-7-18(8-6-17)19-9-11-20(12-10-19)26-22(24)16(3)4/h5-14H,1,3H2,2,4H3/b14-13+. The minimum Gasteiger partial charge on any atom is -0.431 e. The van der Waals surface area contributed by atoms with E-state index in [9.17, 15) is 9.59 Å². The lowest BCUT2D eigenvalue weighted by Gasteiger charge is -2.06. The Labute approximate surface area is 153 Å². The van der Waals surface area contributed by atoms with Gasteiger partial charge in [0.15, 0.2) is 0 Å². The fraction of sp³-hybridized carbons (Fsp3) is 0.0909. The van der Waals surface area contributed by atoms with E-state index in [2.05, 4.69) is 13.2 Å². The fourth-order valence-electron chi connectivity index (χ4n) is 1.97. The molecule has 0 aliphatic carbocycles. The lowest BCUT2D eigenvalue weighted by atomic mass is 10.0. The van der Waals surface area contributed by atoms with Crippen LogP contribution in [0.1, 0.15) is 19.4 Å². The largest absolute Gasteiger partial charge is 0.431 e. The molecule has 0 spiro atoms. The highest BCUT2D eigenvalue weighted by molar-refractivity contribution is 5.89. The van der Waals surface area contributed by atoms with Crippen molar-refractivity contribution in [2.75, 3.05) is 0 Å². The number of benzene rings is 2. The third-order valence-electron chi connectivity index (χ3n) is 3.44. The van der Waals surface area contributed by atoms with Crippen LogP contribution in [0.2, 0.25) is 0 Å². The van der Waals surface area contributed by atoms with Crippen molar-refractivity contribution in [3.05, 3.63) is 84.7 Å². The Balaban J connectivity index is 2.02. The van der Waals surface area contributed by atoms with Gasteiger partial charge < -0.3 is 9.47 Å². The molecule has 0 atom stereocenters. The summed E-state index contributed by atoms with van der Waals surface area (Å²) in [6.07, 6.45) is 3.04. The Morgan fingerprint density at radius 2 is 1.31 bits per heavy atom. The molecule has 0 saturated heterocycles. The van der Waals surface area contributed by atoms with Crippen LogP contribution < -0.4 is 4.74 Å². The molecular weight excluding hydrogens is 328 g/mol. The molecule has 0 aromatic heterocycles. The van der Waals surface area contributed by atoms with E-state index in [0.29, 0.717) is 16.9 Å². The smallest absolute Gasteiger partial charge is 0.338 e. The molecule has 0 bridgehead atoms. The highest BCUT2D eigenvalue weighted by Gasteiger charge is 2.05. The van der Waals surface area contributed by atoms with E-state index in [1.54, 1.807) is 32.1 Å². The lowest BCUT2D eigenvalue weighted by Crippen LogP contribution is -2.07. The van der Waals surface area contributed by atoms with Crippen LogP contribution in [0.4, 0.5) is 0 Å². The first kappa shape index (κ1) is 18.9. The van der Waals surface area contributed by atoms with E-state index >= 15 is 0 Å². The summed E-state index contributed by atoms with van der Waals surface area (Å²) in [6, 6.07) is 15.0. The van der Waals surface area contributed by atoms with Gasteiger partial charge in [-0.3, -0.25) is 0 Å². The molecule has 0 saturated carbocycles. The number of rotatable bonds is 6. The Morgan fingerprint density at radius 3 is 1.81 bits per heavy atom. The molecule has 0 fully saturated rings. The number of hydrogen-bond acceptors (Lipinski definition) is 4. The minimum atomic E-state index is -0.453. The van der Waals surface area contributed by atoms with Crippen LogP contribution in [0.3, 0.4) is 0 Å². The lowest BCUT2D eigenvalue weighted by molar-refractivity contribution is -0.133. The second kappa shape index (κ2) is 8.62. The molecule has 132 valence electrons. The Bertz CT molecular complexity index is 856. The molecule has 26 heavy (non-hydrogen) atoms. The Morgan fingerprint density at radius 1 is 0.808 bits per heavy atom. The average Bonchev–Trinajstić information content (AvgIpc) is 2.62. The van der Waals surface area contributed by atoms with Gasteiger partial charge in [0, 0.05) is 11.1 Å². The molecule has 0 N–H and O–H groups in total. The maximum Gasteiger partial charge on any atom is 0.338 e. The number of hydrogen-bond donors (Lipinski definition) is 0. The van der Waals surface area contributed by atoms with E-state index in [0.717, 1.165) is 16.7 Å². The van der Waals surface area contributed by atoms with Gasteiger partial charge in [-0.25, -0.2) is 9.59 Å². The van der Waals surface area contributed by atoms with Gasteiger partial charge in [-0.15, -0.1) is 0 Å². The zero-order chi connectivity index (χ0) is 19.1. The topological polar surface area (TPSA) is 52.6 Å². The van der Waals surface area contributed by atoms with Crippen molar-refractivity contribution in [1.82, 2.24) is 0 Å². The quantitative estimate of drug-likeness (QED) is 0.322. The molecule has 0 heterocycles. The van der Waals surface area contributed by atoms with Crippen molar-refractivity contribution in [2.45, 2.75) is 13.8 Å². The van der Waals surface area contributed by atoms with Gasteiger partial charge in [-0.2, -0.15) is 0 Å². The molecule has 4 nitrogen and oxygen atoms in total. The van der Waals surface area contributed by atoms with Gasteiger partial charge in [0.2, 0.25) is 0 Å². The summed E-state index contributed by atoms with van der Waals surface area (Å²) >= 11 is 0. The second-order valence-electron chi connectivity index (χ2n) is 5.80. The maximum atomic E-state index is 11.5. The van der Waals surface area contributed by atoms with E-state index in [1.807, 2.05) is 36.4 Å². The first-order chi connectivity index (χ1) is 12.4. The number of esters is 2. The second-order valence-corrected chi connectivity index (χ2v) is 5.80. The zero-order valence-corrected chi connectivity index (χ0v) is 14.8. The van der Waals surface area contributed by atoms with Crippen LogP contribution in [0.15, 0.2) is 79.1 Å². The van der Waals surface area contributed by atoms with Gasteiger partial charge in [-0.05, 0) is 48.7 Å². The summed E-state index contributed by atoms with van der Waals surface area (Å²) in [4.78, 5) is 22.8. The molecule has 2 aromatic rings. The first-order valence-corrected chi connectivity index (χ1v) is 7.98. The van der Waals surface area contributed by atoms with Crippen molar-refractivity contribution in [2.24, 2.45) is 0 Å². The van der Waals surface area contributed by atoms with Crippen molar-refractivity contribution in [1.29, 1.82) is 0 Å². The Kier molecular flexibility index (Phi) is 6.28. The molecular formula is C22H20O4. The van der Waals surface area contributed by atoms with E-state index < -0.39 is 11.9 Å².